The zero-order valence-corrected chi connectivity index (χ0v) is 14.3. The zero-order chi connectivity index (χ0) is 18.1. The summed E-state index contributed by atoms with van der Waals surface area (Å²) < 4.78 is 27.2. The Balaban J connectivity index is 1.91. The second-order valence-corrected chi connectivity index (χ2v) is 7.84. The maximum atomic E-state index is 12.6. The van der Waals surface area contributed by atoms with Gasteiger partial charge in [-0.1, -0.05) is 24.3 Å². The van der Waals surface area contributed by atoms with E-state index in [1.165, 1.54) is 6.07 Å². The van der Waals surface area contributed by atoms with Crippen LogP contribution in [0.25, 0.3) is 0 Å². The van der Waals surface area contributed by atoms with E-state index < -0.39 is 21.5 Å². The van der Waals surface area contributed by atoms with Gasteiger partial charge >= 0.3 is 0 Å². The molecule has 0 radical (unpaired) electrons. The van der Waals surface area contributed by atoms with Crippen molar-refractivity contribution in [2.45, 2.75) is 23.3 Å². The van der Waals surface area contributed by atoms with Crippen LogP contribution in [0.3, 0.4) is 0 Å². The molecule has 8 nitrogen and oxygen atoms in total. The van der Waals surface area contributed by atoms with E-state index in [1.54, 1.807) is 30.4 Å². The third-order valence-electron chi connectivity index (χ3n) is 4.32. The fourth-order valence-corrected chi connectivity index (χ4v) is 3.97. The third kappa shape index (κ3) is 3.67. The lowest BCUT2D eigenvalue weighted by atomic mass is 10.2. The fourth-order valence-electron chi connectivity index (χ4n) is 2.74. The normalized spacial score (nSPS) is 30.2. The molecule has 134 valence electrons. The van der Waals surface area contributed by atoms with E-state index in [2.05, 4.69) is 15.4 Å². The first kappa shape index (κ1) is 17.4. The number of rotatable bonds is 0. The average Bonchev–Trinajstić information content (AvgIpc) is 3.23. The highest BCUT2D eigenvalue weighted by atomic mass is 32.2. The molecular formula is C16H20N4O4S. The molecule has 0 aromatic heterocycles. The second kappa shape index (κ2) is 6.49. The van der Waals surface area contributed by atoms with Crippen molar-refractivity contribution in [1.29, 1.82) is 0 Å². The number of benzene rings is 1. The molecule has 1 aliphatic carbocycles. The molecule has 2 aliphatic rings. The van der Waals surface area contributed by atoms with Crippen molar-refractivity contribution >= 4 is 27.5 Å². The molecule has 1 aromatic rings. The molecule has 0 bridgehead atoms. The van der Waals surface area contributed by atoms with Crippen LogP contribution in [0.4, 0.5) is 5.69 Å². The summed E-state index contributed by atoms with van der Waals surface area (Å²) in [5.41, 5.74) is 5.10. The van der Waals surface area contributed by atoms with E-state index >= 15 is 0 Å². The molecule has 1 fully saturated rings. The number of para-hydroxylation sites is 1. The fraction of sp³-hybridized carbons (Fsp3) is 0.375. The summed E-state index contributed by atoms with van der Waals surface area (Å²) in [5.74, 6) is -1.17. The lowest BCUT2D eigenvalue weighted by molar-refractivity contribution is -0.122. The second-order valence-electron chi connectivity index (χ2n) is 6.19. The summed E-state index contributed by atoms with van der Waals surface area (Å²) in [4.78, 5) is 24.1. The molecule has 3 rings (SSSR count). The van der Waals surface area contributed by atoms with E-state index in [0.717, 1.165) is 0 Å². The zero-order valence-electron chi connectivity index (χ0n) is 13.5. The number of nitrogens with one attached hydrogen (secondary N) is 3. The minimum Gasteiger partial charge on any atom is -0.382 e. The first-order chi connectivity index (χ1) is 11.8. The molecule has 0 spiro atoms. The molecule has 25 heavy (non-hydrogen) atoms. The molecule has 2 amide bonds. The Bertz CT molecular complexity index is 836. The number of carbonyl (C=O) groups is 2. The summed E-state index contributed by atoms with van der Waals surface area (Å²) in [7, 11) is -4.06. The Morgan fingerprint density at radius 1 is 1.12 bits per heavy atom. The summed E-state index contributed by atoms with van der Waals surface area (Å²) in [5, 5.41) is 5.69. The molecule has 2 atom stereocenters. The Kier molecular flexibility index (Phi) is 4.53. The van der Waals surface area contributed by atoms with Crippen molar-refractivity contribution in [3.63, 3.8) is 0 Å². The van der Waals surface area contributed by atoms with Gasteiger partial charge in [-0.3, -0.25) is 9.59 Å². The van der Waals surface area contributed by atoms with Gasteiger partial charge in [0.25, 0.3) is 15.9 Å². The molecule has 1 aromatic carbocycles. The summed E-state index contributed by atoms with van der Waals surface area (Å²) in [6.07, 6.45) is 3.87. The van der Waals surface area contributed by atoms with Gasteiger partial charge in [-0.15, -0.1) is 0 Å². The van der Waals surface area contributed by atoms with Gasteiger partial charge in [0.2, 0.25) is 5.91 Å². The third-order valence-corrected chi connectivity index (χ3v) is 5.71. The van der Waals surface area contributed by atoms with Crippen LogP contribution >= 0.6 is 0 Å². The van der Waals surface area contributed by atoms with Crippen molar-refractivity contribution in [1.82, 2.24) is 10.0 Å². The highest BCUT2D eigenvalue weighted by molar-refractivity contribution is 7.90. The lowest BCUT2D eigenvalue weighted by Gasteiger charge is -2.15. The molecule has 1 aliphatic heterocycles. The highest BCUT2D eigenvalue weighted by Crippen LogP contribution is 2.42. The SMILES string of the molecule is N[C@]12C[C@@H]1/C=C/CC(=O)NCCNc1ccccc1S(=O)(=O)NC2=O. The summed E-state index contributed by atoms with van der Waals surface area (Å²) in [6.45, 7) is 0.692. The first-order valence-corrected chi connectivity index (χ1v) is 9.44. The standard InChI is InChI=1S/C16H20N4O4S/c17-16-10-11(16)4-3-7-14(21)19-9-8-18-12-5-1-2-6-13(12)25(23,24)20-15(16)22/h1-6,11,18H,7-10,17H2,(H,19,21)(H,20,22)/b4-3+/t11-,16+/m0/s1. The first-order valence-electron chi connectivity index (χ1n) is 7.95. The molecule has 1 heterocycles. The molecule has 5 N–H and O–H groups in total. The number of carbonyl (C=O) groups excluding carboxylic acids is 2. The van der Waals surface area contributed by atoms with Crippen molar-refractivity contribution in [3.8, 4) is 0 Å². The Morgan fingerprint density at radius 3 is 2.64 bits per heavy atom. The number of hydrogen-bond acceptors (Lipinski definition) is 6. The summed E-state index contributed by atoms with van der Waals surface area (Å²) in [6, 6.07) is 6.25. The van der Waals surface area contributed by atoms with Gasteiger partial charge in [0.05, 0.1) is 5.69 Å². The molecule has 1 saturated carbocycles. The topological polar surface area (TPSA) is 130 Å². The molecule has 0 saturated heterocycles. The van der Waals surface area contributed by atoms with E-state index in [1.807, 2.05) is 0 Å². The maximum Gasteiger partial charge on any atom is 0.266 e. The highest BCUT2D eigenvalue weighted by Gasteiger charge is 2.56. The number of sulfonamides is 1. The predicted octanol–water partition coefficient (Wildman–Crippen LogP) is -0.303. The molecule has 9 heteroatoms. The van der Waals surface area contributed by atoms with Crippen molar-refractivity contribution in [2.75, 3.05) is 18.4 Å². The number of amides is 2. The number of nitrogens with two attached hydrogens (primary N) is 1. The van der Waals surface area contributed by atoms with Crippen molar-refractivity contribution in [3.05, 3.63) is 36.4 Å². The molecular weight excluding hydrogens is 344 g/mol. The Morgan fingerprint density at radius 2 is 1.84 bits per heavy atom. The van der Waals surface area contributed by atoms with Crippen LogP contribution in [0.5, 0.6) is 0 Å². The van der Waals surface area contributed by atoms with Crippen LogP contribution in [0.2, 0.25) is 0 Å². The van der Waals surface area contributed by atoms with Gasteiger partial charge in [0.1, 0.15) is 10.4 Å². The smallest absolute Gasteiger partial charge is 0.266 e. The van der Waals surface area contributed by atoms with Crippen molar-refractivity contribution < 1.29 is 18.0 Å². The largest absolute Gasteiger partial charge is 0.382 e. The van der Waals surface area contributed by atoms with Crippen LogP contribution in [-0.4, -0.2) is 38.9 Å². The van der Waals surface area contributed by atoms with Gasteiger partial charge in [-0.05, 0) is 18.6 Å². The van der Waals surface area contributed by atoms with Crippen LogP contribution < -0.4 is 21.1 Å². The monoisotopic (exact) mass is 364 g/mol. The minimum atomic E-state index is -4.06. The quantitative estimate of drug-likeness (QED) is 0.468. The number of fused-ring (bicyclic) bond motifs is 2. The van der Waals surface area contributed by atoms with Gasteiger partial charge in [-0.2, -0.15) is 0 Å². The van der Waals surface area contributed by atoms with E-state index in [-0.39, 0.29) is 23.1 Å². The minimum absolute atomic E-state index is 0.0408. The Hall–Kier alpha value is -2.39. The van der Waals surface area contributed by atoms with Crippen LogP contribution in [0.1, 0.15) is 12.8 Å². The van der Waals surface area contributed by atoms with E-state index in [9.17, 15) is 18.0 Å². The van der Waals surface area contributed by atoms with Gasteiger partial charge < -0.3 is 16.4 Å². The predicted molar refractivity (Wildman–Crippen MR) is 92.1 cm³/mol. The average molecular weight is 364 g/mol. The lowest BCUT2D eigenvalue weighted by Crippen LogP contribution is -2.46. The van der Waals surface area contributed by atoms with E-state index in [4.69, 9.17) is 5.73 Å². The van der Waals surface area contributed by atoms with Crippen LogP contribution in [0, 0.1) is 5.92 Å². The van der Waals surface area contributed by atoms with Gasteiger partial charge in [-0.25, -0.2) is 13.1 Å². The van der Waals surface area contributed by atoms with Crippen LogP contribution in [-0.2, 0) is 19.6 Å². The number of anilines is 1. The van der Waals surface area contributed by atoms with Crippen LogP contribution in [0.15, 0.2) is 41.3 Å². The number of hydrogen-bond donors (Lipinski definition) is 4. The molecule has 0 unspecified atom stereocenters. The van der Waals surface area contributed by atoms with Gasteiger partial charge in [0.15, 0.2) is 0 Å². The summed E-state index contributed by atoms with van der Waals surface area (Å²) >= 11 is 0. The Labute approximate surface area is 145 Å². The van der Waals surface area contributed by atoms with Crippen molar-refractivity contribution in [2.24, 2.45) is 11.7 Å². The van der Waals surface area contributed by atoms with E-state index in [0.29, 0.717) is 25.2 Å². The van der Waals surface area contributed by atoms with Gasteiger partial charge in [0, 0.05) is 25.4 Å². The maximum absolute atomic E-state index is 12.6.